The van der Waals surface area contributed by atoms with Crippen molar-refractivity contribution in [2.75, 3.05) is 26.2 Å². The van der Waals surface area contributed by atoms with Crippen molar-refractivity contribution in [3.8, 4) is 0 Å². The molecule has 1 saturated heterocycles. The average molecular weight is 555 g/mol. The number of aromatic nitrogens is 1. The maximum Gasteiger partial charge on any atom is 0.416 e. The minimum atomic E-state index is -5.14. The Bertz CT molecular complexity index is 1370. The normalized spacial score (nSPS) is 16.6. The van der Waals surface area contributed by atoms with Gasteiger partial charge in [-0.05, 0) is 43.2 Å². The van der Waals surface area contributed by atoms with E-state index in [4.69, 9.17) is 4.74 Å². The number of carbonyl (C=O) groups excluding carboxylic acids is 3. The van der Waals surface area contributed by atoms with Crippen LogP contribution in [0.4, 0.5) is 26.3 Å². The fourth-order valence-corrected chi connectivity index (χ4v) is 4.56. The summed E-state index contributed by atoms with van der Waals surface area (Å²) in [5, 5.41) is 0.789. The Hall–Kier alpha value is -4.03. The van der Waals surface area contributed by atoms with Gasteiger partial charge in [0.05, 0.1) is 23.8 Å². The number of benzene rings is 2. The van der Waals surface area contributed by atoms with E-state index < -0.39 is 66.0 Å². The summed E-state index contributed by atoms with van der Waals surface area (Å²) in [6.45, 7) is 0.402. The molecule has 1 N–H and O–H groups in total. The van der Waals surface area contributed by atoms with Crippen molar-refractivity contribution in [2.45, 2.75) is 31.7 Å². The molecule has 1 atom stereocenters. The van der Waals surface area contributed by atoms with Gasteiger partial charge in [0.15, 0.2) is 0 Å². The van der Waals surface area contributed by atoms with Crippen LogP contribution in [0.1, 0.15) is 34.0 Å². The first-order valence-corrected chi connectivity index (χ1v) is 11.9. The number of H-pyrrole nitrogens is 1. The van der Waals surface area contributed by atoms with E-state index in [-0.39, 0.29) is 25.6 Å². The fraction of sp³-hybridized carbons (Fsp3) is 0.346. The smallest absolute Gasteiger partial charge is 0.416 e. The first-order valence-electron chi connectivity index (χ1n) is 11.9. The third-order valence-corrected chi connectivity index (χ3v) is 6.38. The van der Waals surface area contributed by atoms with Crippen LogP contribution in [-0.4, -0.2) is 64.9 Å². The lowest BCUT2D eigenvalue weighted by Gasteiger charge is -2.40. The molecule has 0 bridgehead atoms. The standard InChI is InChI=1S/C26H23F6N3O4/c1-2-39-23(37)14-34-12-19(9-16-11-33-21-6-4-3-5-20(16)21)35(13-22(34)36)24(38)15-7-17(25(27,28)29)10-18(8-15)26(30,31)32/h3-8,10-11,19,33H,2,9,12-14H2,1H3/t19-/m1/s1. The van der Waals surface area contributed by atoms with E-state index in [0.717, 1.165) is 20.7 Å². The Balaban J connectivity index is 1.72. The highest BCUT2D eigenvalue weighted by Crippen LogP contribution is 2.37. The van der Waals surface area contributed by atoms with Gasteiger partial charge in [-0.15, -0.1) is 0 Å². The van der Waals surface area contributed by atoms with Gasteiger partial charge in [0, 0.05) is 29.2 Å². The van der Waals surface area contributed by atoms with Gasteiger partial charge in [-0.3, -0.25) is 14.4 Å². The van der Waals surface area contributed by atoms with Crippen LogP contribution in [0, 0.1) is 0 Å². The molecule has 1 aliphatic rings. The number of carbonyl (C=O) groups is 3. The van der Waals surface area contributed by atoms with Gasteiger partial charge in [0.25, 0.3) is 5.91 Å². The summed E-state index contributed by atoms with van der Waals surface area (Å²) in [5.74, 6) is -2.56. The first kappa shape index (κ1) is 28.0. The summed E-state index contributed by atoms with van der Waals surface area (Å²) in [6.07, 6.45) is -8.51. The molecule has 3 aromatic rings. The molecule has 13 heteroatoms. The molecule has 2 aromatic carbocycles. The maximum atomic E-state index is 13.5. The van der Waals surface area contributed by atoms with Crippen molar-refractivity contribution in [1.82, 2.24) is 14.8 Å². The van der Waals surface area contributed by atoms with Crippen LogP contribution in [0.3, 0.4) is 0 Å². The van der Waals surface area contributed by atoms with Crippen LogP contribution in [0.5, 0.6) is 0 Å². The molecule has 2 heterocycles. The largest absolute Gasteiger partial charge is 0.465 e. The highest BCUT2D eigenvalue weighted by atomic mass is 19.4. The van der Waals surface area contributed by atoms with Gasteiger partial charge in [-0.1, -0.05) is 18.2 Å². The average Bonchev–Trinajstić information content (AvgIpc) is 3.27. The number of hydrogen-bond acceptors (Lipinski definition) is 4. The number of hydrogen-bond donors (Lipinski definition) is 1. The van der Waals surface area contributed by atoms with Gasteiger partial charge in [0.2, 0.25) is 5.91 Å². The van der Waals surface area contributed by atoms with Gasteiger partial charge in [-0.2, -0.15) is 26.3 Å². The van der Waals surface area contributed by atoms with Crippen molar-refractivity contribution in [3.05, 3.63) is 70.9 Å². The Kier molecular flexibility index (Phi) is 7.62. The minimum absolute atomic E-state index is 0.0668. The molecule has 1 fully saturated rings. The van der Waals surface area contributed by atoms with Gasteiger partial charge >= 0.3 is 18.3 Å². The van der Waals surface area contributed by atoms with E-state index in [1.54, 1.807) is 37.4 Å². The summed E-state index contributed by atoms with van der Waals surface area (Å²) in [5.41, 5.74) is -2.65. The molecule has 1 aliphatic heterocycles. The third-order valence-electron chi connectivity index (χ3n) is 6.38. The number of alkyl halides is 6. The van der Waals surface area contributed by atoms with Crippen LogP contribution in [0.2, 0.25) is 0 Å². The number of esters is 1. The van der Waals surface area contributed by atoms with Crippen molar-refractivity contribution in [1.29, 1.82) is 0 Å². The van der Waals surface area contributed by atoms with Crippen LogP contribution in [0.25, 0.3) is 10.9 Å². The molecule has 0 aliphatic carbocycles. The number of amides is 2. The van der Waals surface area contributed by atoms with Crippen molar-refractivity contribution in [3.63, 3.8) is 0 Å². The topological polar surface area (TPSA) is 82.7 Å². The van der Waals surface area contributed by atoms with Crippen LogP contribution >= 0.6 is 0 Å². The molecule has 39 heavy (non-hydrogen) atoms. The lowest BCUT2D eigenvalue weighted by Crippen LogP contribution is -2.59. The van der Waals surface area contributed by atoms with Gasteiger partial charge < -0.3 is 19.5 Å². The molecule has 0 radical (unpaired) electrons. The molecule has 0 saturated carbocycles. The summed E-state index contributed by atoms with van der Waals surface area (Å²) < 4.78 is 85.4. The number of aromatic amines is 1. The second-order valence-electron chi connectivity index (χ2n) is 9.02. The number of nitrogens with one attached hydrogen (secondary N) is 1. The Labute approximate surface area is 218 Å². The van der Waals surface area contributed by atoms with E-state index in [2.05, 4.69) is 4.98 Å². The maximum absolute atomic E-state index is 13.5. The third kappa shape index (κ3) is 6.18. The monoisotopic (exact) mass is 555 g/mol. The highest BCUT2D eigenvalue weighted by Gasteiger charge is 2.40. The summed E-state index contributed by atoms with van der Waals surface area (Å²) in [7, 11) is 0. The van der Waals surface area contributed by atoms with Crippen LogP contribution in [0.15, 0.2) is 48.7 Å². The second-order valence-corrected chi connectivity index (χ2v) is 9.02. The molecular weight excluding hydrogens is 532 g/mol. The van der Waals surface area contributed by atoms with E-state index in [9.17, 15) is 40.7 Å². The number of piperazine rings is 1. The summed E-state index contributed by atoms with van der Waals surface area (Å²) >= 11 is 0. The fourth-order valence-electron chi connectivity index (χ4n) is 4.56. The lowest BCUT2D eigenvalue weighted by atomic mass is 9.98. The van der Waals surface area contributed by atoms with E-state index in [1.165, 1.54) is 0 Å². The number of ether oxygens (including phenoxy) is 1. The Morgan fingerprint density at radius 3 is 2.28 bits per heavy atom. The zero-order chi connectivity index (χ0) is 28.5. The van der Waals surface area contributed by atoms with E-state index >= 15 is 0 Å². The molecule has 0 spiro atoms. The second kappa shape index (κ2) is 10.6. The van der Waals surface area contributed by atoms with E-state index in [0.29, 0.717) is 17.7 Å². The zero-order valence-electron chi connectivity index (χ0n) is 20.5. The number of halogens is 6. The SMILES string of the molecule is CCOC(=O)CN1C[C@@H](Cc2c[nH]c3ccccc23)N(C(=O)c2cc(C(F)(F)F)cc(C(F)(F)F)c2)CC1=O. The zero-order valence-corrected chi connectivity index (χ0v) is 20.5. The van der Waals surface area contributed by atoms with Gasteiger partial charge in [0.1, 0.15) is 13.1 Å². The summed E-state index contributed by atoms with van der Waals surface area (Å²) in [6, 6.07) is 6.94. The first-order chi connectivity index (χ1) is 18.3. The Morgan fingerprint density at radius 1 is 1.03 bits per heavy atom. The predicted molar refractivity (Wildman–Crippen MR) is 126 cm³/mol. The number of nitrogens with zero attached hydrogens (tertiary/aromatic N) is 2. The van der Waals surface area contributed by atoms with Gasteiger partial charge in [-0.25, -0.2) is 0 Å². The molecule has 0 unspecified atom stereocenters. The van der Waals surface area contributed by atoms with Crippen molar-refractivity contribution < 1.29 is 45.5 Å². The highest BCUT2D eigenvalue weighted by molar-refractivity contribution is 5.98. The molecule has 2 amide bonds. The lowest BCUT2D eigenvalue weighted by molar-refractivity contribution is -0.151. The van der Waals surface area contributed by atoms with E-state index in [1.807, 2.05) is 0 Å². The molecule has 7 nitrogen and oxygen atoms in total. The molecule has 4 rings (SSSR count). The van der Waals surface area contributed by atoms with Crippen molar-refractivity contribution >= 4 is 28.7 Å². The predicted octanol–water partition coefficient (Wildman–Crippen LogP) is 4.66. The number of fused-ring (bicyclic) bond motifs is 1. The number of para-hydroxylation sites is 1. The van der Waals surface area contributed by atoms with Crippen molar-refractivity contribution in [2.24, 2.45) is 0 Å². The van der Waals surface area contributed by atoms with Crippen LogP contribution in [-0.2, 0) is 33.1 Å². The summed E-state index contributed by atoms with van der Waals surface area (Å²) in [4.78, 5) is 43.5. The molecular formula is C26H23F6N3O4. The quantitative estimate of drug-likeness (QED) is 0.354. The molecule has 1 aromatic heterocycles. The van der Waals surface area contributed by atoms with Crippen LogP contribution < -0.4 is 0 Å². The molecule has 208 valence electrons. The Morgan fingerprint density at radius 2 is 1.67 bits per heavy atom. The number of rotatable bonds is 6. The minimum Gasteiger partial charge on any atom is -0.465 e.